The molecule has 0 unspecified atom stereocenters. The van der Waals surface area contributed by atoms with Gasteiger partial charge < -0.3 is 25.8 Å². The fourth-order valence-electron chi connectivity index (χ4n) is 4.61. The van der Waals surface area contributed by atoms with Crippen LogP contribution >= 0.6 is 23.1 Å². The summed E-state index contributed by atoms with van der Waals surface area (Å²) in [6.45, 7) is 0.307. The molecule has 3 aliphatic rings. The zero-order valence-electron chi connectivity index (χ0n) is 21.2. The maximum absolute atomic E-state index is 13.1. The molecule has 2 amide bonds. The van der Waals surface area contributed by atoms with Crippen molar-refractivity contribution in [3.63, 3.8) is 0 Å². The van der Waals surface area contributed by atoms with E-state index in [9.17, 15) is 19.5 Å². The van der Waals surface area contributed by atoms with Crippen molar-refractivity contribution in [1.29, 1.82) is 0 Å². The van der Waals surface area contributed by atoms with Gasteiger partial charge in [0.1, 0.15) is 24.1 Å². The van der Waals surface area contributed by atoms with Gasteiger partial charge in [0.25, 0.3) is 11.8 Å². The number of nitrogens with zero attached hydrogens (tertiary/aromatic N) is 4. The van der Waals surface area contributed by atoms with Crippen LogP contribution in [0.15, 0.2) is 40.1 Å². The summed E-state index contributed by atoms with van der Waals surface area (Å²) in [4.78, 5) is 47.8. The van der Waals surface area contributed by atoms with Gasteiger partial charge in [0.2, 0.25) is 0 Å². The van der Waals surface area contributed by atoms with E-state index < -0.39 is 41.9 Å². The van der Waals surface area contributed by atoms with Crippen LogP contribution in [0.25, 0.3) is 0 Å². The number of carbonyl (C=O) groups excluding carboxylic acids is 3. The molecule has 2 aromatic rings. The van der Waals surface area contributed by atoms with Gasteiger partial charge in [-0.1, -0.05) is 5.16 Å². The number of carboxylic acid groups (broad SMARTS) is 1. The number of oxime groups is 1. The highest BCUT2D eigenvalue weighted by atomic mass is 32.2. The van der Waals surface area contributed by atoms with Crippen molar-refractivity contribution in [2.45, 2.75) is 37.2 Å². The Labute approximate surface area is 212 Å². The Bertz CT molecular complexity index is 1390. The van der Waals surface area contributed by atoms with E-state index in [-0.39, 0.29) is 16.5 Å². The Morgan fingerprint density at radius 2 is 2.34 bits per heavy atom. The summed E-state index contributed by atoms with van der Waals surface area (Å²) < 4.78 is 23.5. The highest BCUT2D eigenvalue weighted by molar-refractivity contribution is 8.00. The second-order valence-corrected chi connectivity index (χ2v) is 10.2. The molecular weight excluding hydrogens is 493 g/mol. The lowest BCUT2D eigenvalue weighted by Crippen LogP contribution is -2.71. The molecule has 0 saturated carbocycles. The molecule has 2 aromatic heterocycles. The lowest BCUT2D eigenvalue weighted by Gasteiger charge is -2.50. The molecule has 1 fully saturated rings. The highest BCUT2D eigenvalue weighted by Gasteiger charge is 2.53. The van der Waals surface area contributed by atoms with Crippen LogP contribution in [0.1, 0.15) is 27.5 Å². The number of nitrogen functional groups attached to an aromatic ring is 1. The first-order valence-corrected chi connectivity index (χ1v) is 12.6. The summed E-state index contributed by atoms with van der Waals surface area (Å²) in [5.41, 5.74) is 7.85. The van der Waals surface area contributed by atoms with Crippen molar-refractivity contribution in [2.75, 3.05) is 18.5 Å². The molecular formula is C22H22N6O5S2. The molecule has 2 atom stereocenters. The van der Waals surface area contributed by atoms with E-state index in [2.05, 4.69) is 26.4 Å². The highest BCUT2D eigenvalue weighted by Crippen LogP contribution is 2.40. The lowest BCUT2D eigenvalue weighted by molar-refractivity contribution is -0.696. The van der Waals surface area contributed by atoms with Gasteiger partial charge in [0.15, 0.2) is 29.3 Å². The van der Waals surface area contributed by atoms with Gasteiger partial charge in [-0.05, 0) is 18.9 Å². The average molecular weight is 519 g/mol. The van der Waals surface area contributed by atoms with Crippen molar-refractivity contribution in [3.05, 3.63) is 51.9 Å². The van der Waals surface area contributed by atoms with Crippen LogP contribution in [0.4, 0.5) is 5.13 Å². The predicted octanol–water partition coefficient (Wildman–Crippen LogP) is -1.04. The molecule has 4 heterocycles. The number of fused-ring (bicyclic) bond motifs is 2. The number of rotatable bonds is 7. The number of hydrogen-bond acceptors (Lipinski definition) is 10. The first kappa shape index (κ1) is 19.8. The number of carboxylic acids is 1. The molecule has 2 aliphatic heterocycles. The van der Waals surface area contributed by atoms with Crippen LogP contribution in [0, 0.1) is 0 Å². The number of aryl methyl sites for hydroxylation is 1. The molecule has 1 saturated heterocycles. The quantitative estimate of drug-likeness (QED) is 0.155. The SMILES string of the molecule is [2H][13C]([2H])([2H])O/N=C(/C(=O)N[C@@H]1C(=O)N2C(C(=O)[O-])=C(C[n+]3cccc4c3CCC4)CS[C@H]12)c1csc(N)n1. The molecule has 3 N–H and O–H groups in total. The second kappa shape index (κ2) is 9.30. The number of aliphatic carboxylic acids is 1. The topological polar surface area (TPSA) is 154 Å². The smallest absolute Gasteiger partial charge is 0.276 e. The Kier molecular flexibility index (Phi) is 5.27. The first-order chi connectivity index (χ1) is 18.0. The second-order valence-electron chi connectivity index (χ2n) is 8.16. The average Bonchev–Trinajstić information content (AvgIpc) is 3.51. The summed E-state index contributed by atoms with van der Waals surface area (Å²) in [5.74, 6) is -2.71. The Morgan fingerprint density at radius 3 is 3.09 bits per heavy atom. The number of carbonyl (C=O) groups is 3. The summed E-state index contributed by atoms with van der Waals surface area (Å²) >= 11 is 2.31. The number of hydrogen-bond donors (Lipinski definition) is 2. The van der Waals surface area contributed by atoms with Crippen molar-refractivity contribution >= 4 is 51.7 Å². The number of thioether (sulfide) groups is 1. The molecule has 182 valence electrons. The molecule has 5 rings (SSSR count). The van der Waals surface area contributed by atoms with E-state index in [1.807, 2.05) is 16.8 Å². The van der Waals surface area contributed by atoms with Gasteiger partial charge in [0, 0.05) is 34.8 Å². The van der Waals surface area contributed by atoms with Crippen molar-refractivity contribution in [1.82, 2.24) is 15.2 Å². The minimum Gasteiger partial charge on any atom is -0.543 e. The molecule has 0 spiro atoms. The summed E-state index contributed by atoms with van der Waals surface area (Å²) in [6.07, 6.45) is 4.80. The number of nitrogens with one attached hydrogen (secondary N) is 1. The fraction of sp³-hybridized carbons (Fsp3) is 0.364. The first-order valence-electron chi connectivity index (χ1n) is 12.2. The molecule has 1 aliphatic carbocycles. The Hall–Kier alpha value is -3.45. The number of aromatic nitrogens is 2. The van der Waals surface area contributed by atoms with Crippen molar-refractivity contribution in [2.24, 2.45) is 5.16 Å². The van der Waals surface area contributed by atoms with Gasteiger partial charge in [0.05, 0.1) is 15.8 Å². The fourth-order valence-corrected chi connectivity index (χ4v) is 6.50. The predicted molar refractivity (Wildman–Crippen MR) is 126 cm³/mol. The zero-order chi connectivity index (χ0) is 27.2. The summed E-state index contributed by atoms with van der Waals surface area (Å²) in [6, 6.07) is 2.91. The van der Waals surface area contributed by atoms with Crippen LogP contribution in [0.3, 0.4) is 0 Å². The Balaban J connectivity index is 1.36. The molecule has 13 heteroatoms. The van der Waals surface area contributed by atoms with Crippen LogP contribution < -0.4 is 20.7 Å². The minimum atomic E-state index is -2.92. The third-order valence-corrected chi connectivity index (χ3v) is 8.16. The van der Waals surface area contributed by atoms with Crippen LogP contribution in [0.5, 0.6) is 0 Å². The van der Waals surface area contributed by atoms with Gasteiger partial charge in [-0.3, -0.25) is 14.5 Å². The molecule has 0 aromatic carbocycles. The van der Waals surface area contributed by atoms with E-state index in [0.29, 0.717) is 17.9 Å². The number of amides is 2. The van der Waals surface area contributed by atoms with Crippen LogP contribution in [-0.2, 0) is 38.6 Å². The summed E-state index contributed by atoms with van der Waals surface area (Å²) in [5, 5.41) is 18.9. The maximum atomic E-state index is 13.1. The van der Waals surface area contributed by atoms with Gasteiger partial charge in [-0.15, -0.1) is 23.1 Å². The normalized spacial score (nSPS) is 23.0. The Morgan fingerprint density at radius 1 is 1.49 bits per heavy atom. The monoisotopic (exact) mass is 518 g/mol. The van der Waals surface area contributed by atoms with Gasteiger partial charge in [-0.2, -0.15) is 4.57 Å². The molecule has 11 nitrogen and oxygen atoms in total. The number of anilines is 1. The van der Waals surface area contributed by atoms with E-state index >= 15 is 0 Å². The number of pyridine rings is 1. The van der Waals surface area contributed by atoms with E-state index in [0.717, 1.165) is 41.2 Å². The van der Waals surface area contributed by atoms with Crippen LogP contribution in [-0.4, -0.2) is 57.6 Å². The maximum Gasteiger partial charge on any atom is 0.276 e. The number of β-lactam (4-membered cyclic amide) rings is 1. The van der Waals surface area contributed by atoms with Crippen LogP contribution in [0.2, 0.25) is 0 Å². The van der Waals surface area contributed by atoms with Gasteiger partial charge in [-0.25, -0.2) is 4.98 Å². The molecule has 35 heavy (non-hydrogen) atoms. The van der Waals surface area contributed by atoms with E-state index in [1.54, 1.807) is 0 Å². The van der Waals surface area contributed by atoms with Gasteiger partial charge >= 0.3 is 0 Å². The standard InChI is InChI=1S/C22H22N6O5S2/c1-33-26-15(13-10-35-22(23)24-13)18(29)25-16-19(30)28-17(21(31)32)12(9-34-20(16)28)8-27-7-3-5-11-4-2-6-14(11)27/h3,5,7,10,16,20H,2,4,6,8-9H2,1H3,(H3-,23,24,25,29,31,32)/b26-15+/t16-,20-/m1/s1/i1+1D3. The third kappa shape index (κ3) is 4.14. The zero-order valence-corrected chi connectivity index (χ0v) is 19.9. The minimum absolute atomic E-state index is 0.0285. The summed E-state index contributed by atoms with van der Waals surface area (Å²) in [7, 11) is -2.92. The third-order valence-electron chi connectivity index (χ3n) is 6.15. The molecule has 0 bridgehead atoms. The number of nitrogens with two attached hydrogens (primary N) is 1. The number of thiazole rings is 1. The largest absolute Gasteiger partial charge is 0.543 e. The lowest BCUT2D eigenvalue weighted by atomic mass is 10.0. The van der Waals surface area contributed by atoms with E-state index in [4.69, 9.17) is 9.85 Å². The van der Waals surface area contributed by atoms with Crippen molar-refractivity contribution in [3.8, 4) is 0 Å². The van der Waals surface area contributed by atoms with Crippen molar-refractivity contribution < 1.29 is 33.0 Å². The van der Waals surface area contributed by atoms with E-state index in [1.165, 1.54) is 22.7 Å². The molecule has 0 radical (unpaired) electrons.